The van der Waals surface area contributed by atoms with Crippen molar-refractivity contribution in [3.63, 3.8) is 0 Å². The molecular formula is C33H19ClF9N7O. The smallest absolute Gasteiger partial charge is 0.406 e. The van der Waals surface area contributed by atoms with E-state index in [1.54, 1.807) is 48.5 Å². The Morgan fingerprint density at radius 3 is 1.57 bits per heavy atom. The molecule has 4 aromatic heterocycles. The maximum atomic E-state index is 13.0. The topological polar surface area (TPSA) is 82.7 Å². The van der Waals surface area contributed by atoms with Crippen molar-refractivity contribution in [1.82, 2.24) is 29.5 Å². The summed E-state index contributed by atoms with van der Waals surface area (Å²) in [6.45, 7) is 0. The van der Waals surface area contributed by atoms with Gasteiger partial charge in [-0.25, -0.2) is 19.3 Å². The summed E-state index contributed by atoms with van der Waals surface area (Å²) in [7, 11) is 0. The number of aromatic nitrogens is 6. The van der Waals surface area contributed by atoms with Crippen molar-refractivity contribution in [3.05, 3.63) is 126 Å². The molecule has 7 rings (SSSR count). The Labute approximate surface area is 285 Å². The quantitative estimate of drug-likeness (QED) is 0.140. The Hall–Kier alpha value is -5.84. The lowest BCUT2D eigenvalue weighted by Crippen LogP contribution is -2.16. The molecule has 8 nitrogen and oxygen atoms in total. The third-order valence-electron chi connectivity index (χ3n) is 6.97. The number of rotatable bonds is 5. The van der Waals surface area contributed by atoms with E-state index >= 15 is 0 Å². The highest BCUT2D eigenvalue weighted by molar-refractivity contribution is 6.30. The molecule has 4 heterocycles. The van der Waals surface area contributed by atoms with E-state index in [0.29, 0.717) is 38.9 Å². The molecule has 0 unspecified atom stereocenters. The van der Waals surface area contributed by atoms with E-state index in [9.17, 15) is 39.5 Å². The van der Waals surface area contributed by atoms with E-state index in [-0.39, 0.29) is 16.7 Å². The van der Waals surface area contributed by atoms with Gasteiger partial charge in [0.2, 0.25) is 0 Å². The van der Waals surface area contributed by atoms with Crippen molar-refractivity contribution >= 4 is 44.9 Å². The first-order valence-corrected chi connectivity index (χ1v) is 14.8. The van der Waals surface area contributed by atoms with Crippen molar-refractivity contribution < 1.29 is 44.3 Å². The van der Waals surface area contributed by atoms with E-state index in [2.05, 4.69) is 30.2 Å². The number of benzene rings is 3. The number of nitrogens with one attached hydrogen (secondary N) is 1. The van der Waals surface area contributed by atoms with Crippen molar-refractivity contribution in [3.8, 4) is 17.1 Å². The summed E-state index contributed by atoms with van der Waals surface area (Å²) in [5.74, 6) is -0.122. The molecule has 51 heavy (non-hydrogen) atoms. The SMILES string of the molecule is FC(F)(F)Oc1ccc(Nc2cc(-n3ccc(C(F)(F)F)n3)c3ccccc3n2)cc1.FC(F)(F)c1ccn(-c2cc(Cl)nc3ccccc23)n1. The second-order valence-electron chi connectivity index (χ2n) is 10.5. The molecule has 0 bridgehead atoms. The third kappa shape index (κ3) is 8.31. The van der Waals surface area contributed by atoms with Crippen LogP contribution in [0.2, 0.25) is 5.15 Å². The number of hydrogen-bond donors (Lipinski definition) is 1. The molecule has 0 radical (unpaired) electrons. The first-order valence-electron chi connectivity index (χ1n) is 14.4. The summed E-state index contributed by atoms with van der Waals surface area (Å²) in [6, 6.07) is 23.6. The Morgan fingerprint density at radius 1 is 0.588 bits per heavy atom. The normalized spacial score (nSPS) is 12.1. The molecule has 0 spiro atoms. The summed E-state index contributed by atoms with van der Waals surface area (Å²) in [5.41, 5.74) is 0.303. The summed E-state index contributed by atoms with van der Waals surface area (Å²) in [6.07, 6.45) is -11.4. The third-order valence-corrected chi connectivity index (χ3v) is 7.16. The van der Waals surface area contributed by atoms with Crippen LogP contribution in [0.3, 0.4) is 0 Å². The minimum absolute atomic E-state index is 0.197. The van der Waals surface area contributed by atoms with Gasteiger partial charge in [0, 0.05) is 41.0 Å². The number of anilines is 2. The Kier molecular flexibility index (Phi) is 9.24. The van der Waals surface area contributed by atoms with Crippen LogP contribution in [0.4, 0.5) is 51.0 Å². The van der Waals surface area contributed by atoms with Crippen LogP contribution < -0.4 is 10.1 Å². The Balaban J connectivity index is 0.000000193. The lowest BCUT2D eigenvalue weighted by Gasteiger charge is -2.13. The number of nitrogens with zero attached hydrogens (tertiary/aromatic N) is 6. The number of ether oxygens (including phenoxy) is 1. The first-order chi connectivity index (χ1) is 24.0. The van der Waals surface area contributed by atoms with Gasteiger partial charge in [-0.05, 0) is 48.5 Å². The predicted molar refractivity (Wildman–Crippen MR) is 169 cm³/mol. The van der Waals surface area contributed by atoms with Crippen LogP contribution in [0.1, 0.15) is 11.4 Å². The minimum Gasteiger partial charge on any atom is -0.406 e. The fourth-order valence-corrected chi connectivity index (χ4v) is 5.03. The molecule has 262 valence electrons. The van der Waals surface area contributed by atoms with Gasteiger partial charge in [0.1, 0.15) is 16.7 Å². The van der Waals surface area contributed by atoms with Crippen molar-refractivity contribution in [2.45, 2.75) is 18.7 Å². The molecule has 3 aromatic carbocycles. The fourth-order valence-electron chi connectivity index (χ4n) is 4.83. The van der Waals surface area contributed by atoms with E-state index in [0.717, 1.165) is 33.6 Å². The number of halogens is 10. The molecule has 0 saturated carbocycles. The highest BCUT2D eigenvalue weighted by Crippen LogP contribution is 2.32. The second kappa shape index (κ2) is 13.5. The van der Waals surface area contributed by atoms with Gasteiger partial charge < -0.3 is 10.1 Å². The second-order valence-corrected chi connectivity index (χ2v) is 10.9. The molecule has 0 aliphatic carbocycles. The van der Waals surface area contributed by atoms with Crippen molar-refractivity contribution in [2.75, 3.05) is 5.32 Å². The Bertz CT molecular complexity index is 2320. The molecule has 0 saturated heterocycles. The zero-order chi connectivity index (χ0) is 36.6. The zero-order valence-corrected chi connectivity index (χ0v) is 26.0. The summed E-state index contributed by atoms with van der Waals surface area (Å²) in [4.78, 5) is 8.53. The van der Waals surface area contributed by atoms with Crippen molar-refractivity contribution in [2.24, 2.45) is 0 Å². The maximum absolute atomic E-state index is 13.0. The van der Waals surface area contributed by atoms with E-state index < -0.39 is 30.1 Å². The van der Waals surface area contributed by atoms with Gasteiger partial charge in [0.05, 0.1) is 22.4 Å². The highest BCUT2D eigenvalue weighted by Gasteiger charge is 2.35. The zero-order valence-electron chi connectivity index (χ0n) is 25.3. The molecule has 0 fully saturated rings. The predicted octanol–water partition coefficient (Wildman–Crippen LogP) is 10.2. The summed E-state index contributed by atoms with van der Waals surface area (Å²) in [5, 5.41) is 11.5. The molecule has 0 aliphatic heterocycles. The van der Waals surface area contributed by atoms with Gasteiger partial charge in [-0.1, -0.05) is 48.0 Å². The standard InChI is InChI=1S/C20H12F6N4O.C13H7ClF3N3/c21-19(22,23)17-9-10-30(29-17)16-11-18(28-15-4-2-1-3-14(15)16)27-12-5-7-13(8-6-12)31-20(24,25)26;14-12-7-10(8-3-1-2-4-9(8)18-12)20-6-5-11(19-20)13(15,16)17/h1-11H,(H,27,28);1-7H. The van der Waals surface area contributed by atoms with Crippen LogP contribution >= 0.6 is 11.6 Å². The molecule has 1 N–H and O–H groups in total. The molecule has 7 aromatic rings. The minimum atomic E-state index is -4.80. The number of hydrogen-bond acceptors (Lipinski definition) is 6. The van der Waals surface area contributed by atoms with Gasteiger partial charge in [-0.3, -0.25) is 0 Å². The van der Waals surface area contributed by atoms with Crippen LogP contribution in [-0.2, 0) is 12.4 Å². The van der Waals surface area contributed by atoms with Gasteiger partial charge in [0.15, 0.2) is 11.4 Å². The van der Waals surface area contributed by atoms with Crippen molar-refractivity contribution in [1.29, 1.82) is 0 Å². The van der Waals surface area contributed by atoms with Gasteiger partial charge in [-0.15, -0.1) is 13.2 Å². The van der Waals surface area contributed by atoms with E-state index in [1.807, 2.05) is 0 Å². The van der Waals surface area contributed by atoms with Crippen LogP contribution in [0.5, 0.6) is 5.75 Å². The number of fused-ring (bicyclic) bond motifs is 2. The van der Waals surface area contributed by atoms with E-state index in [4.69, 9.17) is 11.6 Å². The molecular weight excluding hydrogens is 717 g/mol. The molecule has 0 amide bonds. The average Bonchev–Trinajstić information content (AvgIpc) is 3.76. The Morgan fingerprint density at radius 2 is 1.08 bits per heavy atom. The van der Waals surface area contributed by atoms with Crippen LogP contribution in [0.15, 0.2) is 109 Å². The number of pyridine rings is 2. The maximum Gasteiger partial charge on any atom is 0.573 e. The fraction of sp³-hybridized carbons (Fsp3) is 0.0909. The lowest BCUT2D eigenvalue weighted by molar-refractivity contribution is -0.274. The lowest BCUT2D eigenvalue weighted by atomic mass is 10.2. The highest BCUT2D eigenvalue weighted by atomic mass is 35.5. The molecule has 0 aliphatic rings. The molecule has 18 heteroatoms. The first kappa shape index (κ1) is 35.0. The van der Waals surface area contributed by atoms with Gasteiger partial charge >= 0.3 is 18.7 Å². The number of alkyl halides is 9. The summed E-state index contributed by atoms with van der Waals surface area (Å²) < 4.78 is 120. The van der Waals surface area contributed by atoms with Crippen LogP contribution in [0.25, 0.3) is 33.2 Å². The van der Waals surface area contributed by atoms with Crippen LogP contribution in [0, 0.1) is 0 Å². The van der Waals surface area contributed by atoms with Gasteiger partial charge in [0.25, 0.3) is 0 Å². The summed E-state index contributed by atoms with van der Waals surface area (Å²) >= 11 is 5.90. The largest absolute Gasteiger partial charge is 0.573 e. The average molecular weight is 736 g/mol. The number of para-hydroxylation sites is 2. The van der Waals surface area contributed by atoms with Crippen LogP contribution in [-0.4, -0.2) is 35.9 Å². The van der Waals surface area contributed by atoms with E-state index in [1.165, 1.54) is 36.7 Å². The monoisotopic (exact) mass is 735 g/mol. The molecule has 0 atom stereocenters. The van der Waals surface area contributed by atoms with Gasteiger partial charge in [-0.2, -0.15) is 36.5 Å².